The first-order valence-corrected chi connectivity index (χ1v) is 4.67. The average molecular weight is 240 g/mol. The van der Waals surface area contributed by atoms with Crippen molar-refractivity contribution in [2.75, 3.05) is 0 Å². The first-order chi connectivity index (χ1) is 8.05. The molecule has 0 fully saturated rings. The molecular weight excluding hydrogens is 233 g/mol. The lowest BCUT2D eigenvalue weighted by Crippen LogP contribution is -2.04. The Labute approximate surface area is 94.9 Å². The van der Waals surface area contributed by atoms with Gasteiger partial charge in [0.25, 0.3) is 0 Å². The second-order valence-electron chi connectivity index (χ2n) is 3.17. The predicted octanol–water partition coefficient (Wildman–Crippen LogP) is 3.29. The molecule has 17 heavy (non-hydrogen) atoms. The highest BCUT2D eigenvalue weighted by Gasteiger charge is 2.30. The zero-order valence-electron chi connectivity index (χ0n) is 8.48. The minimum atomic E-state index is -4.39. The van der Waals surface area contributed by atoms with E-state index < -0.39 is 11.7 Å². The monoisotopic (exact) mass is 240 g/mol. The Balaban J connectivity index is 2.23. The maximum Gasteiger partial charge on any atom is 0.416 e. The molecule has 3 nitrogen and oxygen atoms in total. The molecular formula is C11H7F3N2O. The van der Waals surface area contributed by atoms with E-state index in [1.165, 1.54) is 30.7 Å². The van der Waals surface area contributed by atoms with Crippen LogP contribution >= 0.6 is 0 Å². The topological polar surface area (TPSA) is 35.0 Å². The van der Waals surface area contributed by atoms with Crippen molar-refractivity contribution in [2.24, 2.45) is 0 Å². The fourth-order valence-electron chi connectivity index (χ4n) is 1.19. The van der Waals surface area contributed by atoms with E-state index in [0.717, 1.165) is 12.1 Å². The van der Waals surface area contributed by atoms with E-state index in [4.69, 9.17) is 4.74 Å². The van der Waals surface area contributed by atoms with Crippen LogP contribution in [0.15, 0.2) is 42.9 Å². The number of rotatable bonds is 2. The third-order valence-corrected chi connectivity index (χ3v) is 1.92. The van der Waals surface area contributed by atoms with Crippen LogP contribution in [0.3, 0.4) is 0 Å². The molecule has 0 N–H and O–H groups in total. The maximum absolute atomic E-state index is 12.4. The van der Waals surface area contributed by atoms with E-state index >= 15 is 0 Å². The summed E-state index contributed by atoms with van der Waals surface area (Å²) in [6.07, 6.45) is -0.232. The van der Waals surface area contributed by atoms with Crippen molar-refractivity contribution in [2.45, 2.75) is 6.18 Å². The van der Waals surface area contributed by atoms with Crippen molar-refractivity contribution in [3.05, 3.63) is 48.4 Å². The summed E-state index contributed by atoms with van der Waals surface area (Å²) in [6.45, 7) is 0. The Morgan fingerprint density at radius 2 is 1.94 bits per heavy atom. The van der Waals surface area contributed by atoms with Crippen LogP contribution in [0.25, 0.3) is 0 Å². The molecule has 2 rings (SSSR count). The summed E-state index contributed by atoms with van der Waals surface area (Å²) in [6, 6.07) is 4.58. The van der Waals surface area contributed by atoms with E-state index in [9.17, 15) is 13.2 Å². The fourth-order valence-corrected chi connectivity index (χ4v) is 1.19. The molecule has 0 radical (unpaired) electrons. The molecule has 2 aromatic rings. The highest BCUT2D eigenvalue weighted by Crippen LogP contribution is 2.32. The highest BCUT2D eigenvalue weighted by atomic mass is 19.4. The summed E-state index contributed by atoms with van der Waals surface area (Å²) in [5.41, 5.74) is -0.765. The van der Waals surface area contributed by atoms with Gasteiger partial charge in [0.1, 0.15) is 5.75 Å². The standard InChI is InChI=1S/C11H7F3N2O/c12-11(13,14)8-2-1-3-9(6-8)17-10-7-15-4-5-16-10/h1-7H. The molecule has 88 valence electrons. The van der Waals surface area contributed by atoms with Crippen LogP contribution in [-0.2, 0) is 6.18 Å². The second-order valence-corrected chi connectivity index (χ2v) is 3.17. The van der Waals surface area contributed by atoms with E-state index in [2.05, 4.69) is 9.97 Å². The molecule has 0 spiro atoms. The number of halogens is 3. The van der Waals surface area contributed by atoms with Crippen LogP contribution in [-0.4, -0.2) is 9.97 Å². The molecule has 0 aliphatic heterocycles. The lowest BCUT2D eigenvalue weighted by molar-refractivity contribution is -0.137. The first kappa shape index (κ1) is 11.4. The van der Waals surface area contributed by atoms with Crippen LogP contribution in [0.2, 0.25) is 0 Å². The summed E-state index contributed by atoms with van der Waals surface area (Å²) in [5.74, 6) is 0.215. The van der Waals surface area contributed by atoms with Crippen molar-refractivity contribution in [3.63, 3.8) is 0 Å². The number of benzene rings is 1. The Morgan fingerprint density at radius 3 is 2.59 bits per heavy atom. The normalized spacial score (nSPS) is 11.2. The van der Waals surface area contributed by atoms with Crippen LogP contribution in [0.5, 0.6) is 11.6 Å². The quantitative estimate of drug-likeness (QED) is 0.807. The summed E-state index contributed by atoms with van der Waals surface area (Å²) in [4.78, 5) is 7.54. The molecule has 1 aromatic heterocycles. The van der Waals surface area contributed by atoms with Gasteiger partial charge < -0.3 is 4.74 Å². The highest BCUT2D eigenvalue weighted by molar-refractivity contribution is 5.32. The molecule has 0 atom stereocenters. The van der Waals surface area contributed by atoms with E-state index in [-0.39, 0.29) is 11.6 Å². The van der Waals surface area contributed by atoms with Crippen molar-refractivity contribution >= 4 is 0 Å². The number of hydrogen-bond acceptors (Lipinski definition) is 3. The van der Waals surface area contributed by atoms with Crippen molar-refractivity contribution in [3.8, 4) is 11.6 Å². The van der Waals surface area contributed by atoms with Crippen LogP contribution in [0.4, 0.5) is 13.2 Å². The lowest BCUT2D eigenvalue weighted by atomic mass is 10.2. The van der Waals surface area contributed by atoms with Crippen molar-refractivity contribution in [1.82, 2.24) is 9.97 Å². The SMILES string of the molecule is FC(F)(F)c1cccc(Oc2cnccn2)c1. The van der Waals surface area contributed by atoms with E-state index in [1.54, 1.807) is 0 Å². The zero-order chi connectivity index (χ0) is 12.3. The molecule has 0 bridgehead atoms. The summed E-state index contributed by atoms with van der Waals surface area (Å²) in [5, 5.41) is 0. The molecule has 0 aliphatic carbocycles. The third kappa shape index (κ3) is 2.93. The number of nitrogens with zero attached hydrogens (tertiary/aromatic N) is 2. The van der Waals surface area contributed by atoms with Gasteiger partial charge in [-0.2, -0.15) is 13.2 Å². The number of ether oxygens (including phenoxy) is 1. The van der Waals surface area contributed by atoms with Crippen LogP contribution < -0.4 is 4.74 Å². The number of alkyl halides is 3. The smallest absolute Gasteiger partial charge is 0.416 e. The summed E-state index contributed by atoms with van der Waals surface area (Å²) < 4.78 is 42.4. The summed E-state index contributed by atoms with van der Waals surface area (Å²) >= 11 is 0. The Bertz CT molecular complexity index is 500. The van der Waals surface area contributed by atoms with E-state index in [0.29, 0.717) is 0 Å². The Kier molecular flexibility index (Phi) is 2.95. The molecule has 1 heterocycles. The van der Waals surface area contributed by atoms with Gasteiger partial charge in [-0.3, -0.25) is 4.98 Å². The predicted molar refractivity (Wildman–Crippen MR) is 53.6 cm³/mol. The fraction of sp³-hybridized carbons (Fsp3) is 0.0909. The van der Waals surface area contributed by atoms with Gasteiger partial charge in [0.15, 0.2) is 0 Å². The van der Waals surface area contributed by atoms with Gasteiger partial charge in [-0.15, -0.1) is 0 Å². The zero-order valence-corrected chi connectivity index (χ0v) is 8.48. The molecule has 6 heteroatoms. The maximum atomic E-state index is 12.4. The van der Waals surface area contributed by atoms with E-state index in [1.807, 2.05) is 0 Å². The van der Waals surface area contributed by atoms with Gasteiger partial charge >= 0.3 is 6.18 Å². The minimum Gasteiger partial charge on any atom is -0.437 e. The lowest BCUT2D eigenvalue weighted by Gasteiger charge is -2.08. The molecule has 0 unspecified atom stereocenters. The third-order valence-electron chi connectivity index (χ3n) is 1.92. The number of hydrogen-bond donors (Lipinski definition) is 0. The minimum absolute atomic E-state index is 0.0697. The van der Waals surface area contributed by atoms with Gasteiger partial charge in [0.05, 0.1) is 11.8 Å². The molecule has 1 aromatic carbocycles. The second kappa shape index (κ2) is 4.40. The largest absolute Gasteiger partial charge is 0.437 e. The molecule has 0 aliphatic rings. The Hall–Kier alpha value is -2.11. The first-order valence-electron chi connectivity index (χ1n) is 4.67. The van der Waals surface area contributed by atoms with Crippen LogP contribution in [0, 0.1) is 0 Å². The average Bonchev–Trinajstić information content (AvgIpc) is 2.29. The molecule has 0 amide bonds. The Morgan fingerprint density at radius 1 is 1.12 bits per heavy atom. The van der Waals surface area contributed by atoms with Crippen LogP contribution in [0.1, 0.15) is 5.56 Å². The van der Waals surface area contributed by atoms with Gasteiger partial charge in [-0.05, 0) is 18.2 Å². The van der Waals surface area contributed by atoms with Gasteiger partial charge in [0, 0.05) is 12.4 Å². The molecule has 0 saturated carbocycles. The van der Waals surface area contributed by atoms with Gasteiger partial charge in [-0.25, -0.2) is 4.98 Å². The number of aromatic nitrogens is 2. The summed E-state index contributed by atoms with van der Waals surface area (Å²) in [7, 11) is 0. The van der Waals surface area contributed by atoms with Crippen molar-refractivity contribution in [1.29, 1.82) is 0 Å². The van der Waals surface area contributed by atoms with Gasteiger partial charge in [0.2, 0.25) is 5.88 Å². The van der Waals surface area contributed by atoms with Gasteiger partial charge in [-0.1, -0.05) is 6.07 Å². The molecule has 0 saturated heterocycles. The van der Waals surface area contributed by atoms with Crippen molar-refractivity contribution < 1.29 is 17.9 Å².